The highest BCUT2D eigenvalue weighted by molar-refractivity contribution is 5.84. The first-order valence-electron chi connectivity index (χ1n) is 7.94. The van der Waals surface area contributed by atoms with Crippen molar-refractivity contribution in [1.82, 2.24) is 5.32 Å². The Balaban J connectivity index is 2.60. The number of aliphatic imine (C=N–C) groups is 1. The molecule has 24 heavy (non-hydrogen) atoms. The molecule has 0 radical (unpaired) electrons. The molecule has 1 heterocycles. The van der Waals surface area contributed by atoms with Gasteiger partial charge in [-0.3, -0.25) is 0 Å². The molecule has 1 N–H and O–H groups in total. The van der Waals surface area contributed by atoms with Crippen molar-refractivity contribution in [1.29, 1.82) is 0 Å². The van der Waals surface area contributed by atoms with Crippen molar-refractivity contribution >= 4 is 11.5 Å². The molecule has 4 nitrogen and oxygen atoms in total. The molecule has 0 aromatic heterocycles. The minimum atomic E-state index is -4.51. The van der Waals surface area contributed by atoms with Gasteiger partial charge in [0.25, 0.3) is 0 Å². The van der Waals surface area contributed by atoms with Crippen molar-refractivity contribution in [3.8, 4) is 5.75 Å². The third-order valence-electron chi connectivity index (χ3n) is 4.31. The zero-order valence-electron chi connectivity index (χ0n) is 14.4. The zero-order valence-corrected chi connectivity index (χ0v) is 14.4. The lowest BCUT2D eigenvalue weighted by molar-refractivity contribution is -0.269. The van der Waals surface area contributed by atoms with E-state index < -0.39 is 11.8 Å². The smallest absolute Gasteiger partial charge is 0.421 e. The van der Waals surface area contributed by atoms with Crippen molar-refractivity contribution in [3.63, 3.8) is 0 Å². The summed E-state index contributed by atoms with van der Waals surface area (Å²) < 4.78 is 51.7. The van der Waals surface area contributed by atoms with Gasteiger partial charge in [-0.2, -0.15) is 13.2 Å². The quantitative estimate of drug-likeness (QED) is 0.656. The first-order valence-corrected chi connectivity index (χ1v) is 7.94. The van der Waals surface area contributed by atoms with Gasteiger partial charge >= 0.3 is 6.18 Å². The number of aryl methyl sites for hydroxylation is 1. The Morgan fingerprint density at radius 2 is 2.12 bits per heavy atom. The molecule has 1 atom stereocenters. The Hall–Kier alpha value is -1.76. The van der Waals surface area contributed by atoms with E-state index in [0.717, 1.165) is 5.84 Å². The van der Waals surface area contributed by atoms with E-state index in [1.54, 1.807) is 20.0 Å². The second kappa shape index (κ2) is 7.01. The molecule has 1 aromatic carbocycles. The minimum absolute atomic E-state index is 0.0222. The summed E-state index contributed by atoms with van der Waals surface area (Å²) >= 11 is 0. The Morgan fingerprint density at radius 3 is 2.58 bits per heavy atom. The lowest BCUT2D eigenvalue weighted by Crippen LogP contribution is -2.42. The first kappa shape index (κ1) is 18.6. The number of ether oxygens (including phenoxy) is 2. The molecule has 0 aliphatic carbocycles. The normalized spacial score (nSPS) is 21.9. The Kier molecular flexibility index (Phi) is 5.42. The molecule has 1 saturated heterocycles. The molecule has 0 saturated carbocycles. The van der Waals surface area contributed by atoms with Crippen LogP contribution in [-0.2, 0) is 10.3 Å². The standard InChI is InChI=1S/C17H23F3N2O2/c1-5-15(21-3)22-13-10-14(23-4)12(9-11(13)2)16(17(18,19)20)7-6-8-24-16/h9-10H,5-8H2,1-4H3,(H,21,22). The summed E-state index contributed by atoms with van der Waals surface area (Å²) in [6.45, 7) is 3.77. The maximum absolute atomic E-state index is 13.8. The molecule has 1 fully saturated rings. The number of hydrogen-bond donors (Lipinski definition) is 1. The molecule has 134 valence electrons. The van der Waals surface area contributed by atoms with E-state index in [0.29, 0.717) is 24.1 Å². The Bertz CT molecular complexity index is 615. The summed E-state index contributed by atoms with van der Waals surface area (Å²) in [5, 5.41) is 2.97. The van der Waals surface area contributed by atoms with E-state index in [-0.39, 0.29) is 24.3 Å². The van der Waals surface area contributed by atoms with Gasteiger partial charge in [0.05, 0.1) is 12.8 Å². The number of methoxy groups -OCH3 is 1. The highest BCUT2D eigenvalue weighted by atomic mass is 19.4. The van der Waals surface area contributed by atoms with Crippen LogP contribution < -0.4 is 10.1 Å². The van der Waals surface area contributed by atoms with Gasteiger partial charge in [-0.25, -0.2) is 4.99 Å². The molecule has 0 bridgehead atoms. The lowest BCUT2D eigenvalue weighted by atomic mass is 9.88. The maximum Gasteiger partial charge on any atom is 0.421 e. The summed E-state index contributed by atoms with van der Waals surface area (Å²) in [5.74, 6) is 0.890. The summed E-state index contributed by atoms with van der Waals surface area (Å²) in [6, 6.07) is 3.03. The summed E-state index contributed by atoms with van der Waals surface area (Å²) in [5.41, 5.74) is -1.06. The first-order chi connectivity index (χ1) is 11.3. The third kappa shape index (κ3) is 3.22. The fourth-order valence-electron chi connectivity index (χ4n) is 2.97. The van der Waals surface area contributed by atoms with Crippen LogP contribution in [0.5, 0.6) is 5.75 Å². The zero-order chi connectivity index (χ0) is 18.0. The number of alkyl halides is 3. The van der Waals surface area contributed by atoms with Crippen molar-refractivity contribution in [3.05, 3.63) is 23.3 Å². The van der Waals surface area contributed by atoms with Gasteiger partial charge in [0, 0.05) is 31.7 Å². The predicted octanol–water partition coefficient (Wildman–Crippen LogP) is 4.23. The van der Waals surface area contributed by atoms with Crippen LogP contribution in [-0.4, -0.2) is 32.8 Å². The second-order valence-corrected chi connectivity index (χ2v) is 5.78. The number of nitrogens with one attached hydrogen (secondary N) is 1. The van der Waals surface area contributed by atoms with Gasteiger partial charge in [-0.05, 0) is 31.4 Å². The second-order valence-electron chi connectivity index (χ2n) is 5.78. The largest absolute Gasteiger partial charge is 0.496 e. The highest BCUT2D eigenvalue weighted by Crippen LogP contribution is 2.52. The van der Waals surface area contributed by atoms with Gasteiger partial charge in [0.2, 0.25) is 0 Å². The van der Waals surface area contributed by atoms with Gasteiger partial charge in [-0.1, -0.05) is 6.92 Å². The number of hydrogen-bond acceptors (Lipinski definition) is 3. The third-order valence-corrected chi connectivity index (χ3v) is 4.31. The molecule has 2 rings (SSSR count). The number of amidine groups is 1. The Morgan fingerprint density at radius 1 is 1.42 bits per heavy atom. The fourth-order valence-corrected chi connectivity index (χ4v) is 2.97. The molecular weight excluding hydrogens is 321 g/mol. The van der Waals surface area contributed by atoms with E-state index in [4.69, 9.17) is 9.47 Å². The number of rotatable bonds is 4. The maximum atomic E-state index is 13.8. The molecular formula is C17H23F3N2O2. The highest BCUT2D eigenvalue weighted by Gasteiger charge is 2.60. The molecule has 0 spiro atoms. The topological polar surface area (TPSA) is 42.9 Å². The van der Waals surface area contributed by atoms with Crippen LogP contribution in [0.15, 0.2) is 17.1 Å². The monoisotopic (exact) mass is 344 g/mol. The summed E-state index contributed by atoms with van der Waals surface area (Å²) in [6.07, 6.45) is -3.56. The molecule has 1 aliphatic heterocycles. The summed E-state index contributed by atoms with van der Waals surface area (Å²) in [4.78, 5) is 4.46. The van der Waals surface area contributed by atoms with E-state index >= 15 is 0 Å². The molecule has 0 amide bonds. The lowest BCUT2D eigenvalue weighted by Gasteiger charge is -2.32. The van der Waals surface area contributed by atoms with E-state index in [1.807, 2.05) is 6.92 Å². The van der Waals surface area contributed by atoms with E-state index in [9.17, 15) is 13.2 Å². The van der Waals surface area contributed by atoms with Gasteiger partial charge in [0.1, 0.15) is 11.6 Å². The van der Waals surface area contributed by atoms with Crippen molar-refractivity contribution in [2.75, 3.05) is 20.8 Å². The summed E-state index contributed by atoms with van der Waals surface area (Å²) in [7, 11) is 3.12. The van der Waals surface area contributed by atoms with Crippen LogP contribution in [0.4, 0.5) is 18.9 Å². The fraction of sp³-hybridized carbons (Fsp3) is 0.588. The SMILES string of the molecule is CCC(=Nc1cc(OC)c(C2(C(F)(F)F)CCCO2)cc1C)NC. The number of nitrogens with zero attached hydrogens (tertiary/aromatic N) is 1. The van der Waals surface area contributed by atoms with Crippen LogP contribution in [0.3, 0.4) is 0 Å². The van der Waals surface area contributed by atoms with Crippen molar-refractivity contribution < 1.29 is 22.6 Å². The van der Waals surface area contributed by atoms with Crippen LogP contribution in [0, 0.1) is 6.92 Å². The van der Waals surface area contributed by atoms with Gasteiger partial charge < -0.3 is 14.8 Å². The molecule has 1 aliphatic rings. The van der Waals surface area contributed by atoms with E-state index in [2.05, 4.69) is 10.3 Å². The van der Waals surface area contributed by atoms with Crippen LogP contribution >= 0.6 is 0 Å². The van der Waals surface area contributed by atoms with Gasteiger partial charge in [0.15, 0.2) is 5.60 Å². The number of halogens is 3. The van der Waals surface area contributed by atoms with E-state index in [1.165, 1.54) is 13.2 Å². The van der Waals surface area contributed by atoms with Crippen LogP contribution in [0.25, 0.3) is 0 Å². The Labute approximate surface area is 140 Å². The average molecular weight is 344 g/mol. The van der Waals surface area contributed by atoms with Gasteiger partial charge in [-0.15, -0.1) is 0 Å². The molecule has 1 aromatic rings. The molecule has 1 unspecified atom stereocenters. The van der Waals surface area contributed by atoms with Crippen molar-refractivity contribution in [2.24, 2.45) is 4.99 Å². The number of benzene rings is 1. The van der Waals surface area contributed by atoms with Crippen LogP contribution in [0.1, 0.15) is 37.3 Å². The minimum Gasteiger partial charge on any atom is -0.496 e. The predicted molar refractivity (Wildman–Crippen MR) is 87.1 cm³/mol. The van der Waals surface area contributed by atoms with Crippen LogP contribution in [0.2, 0.25) is 0 Å². The average Bonchev–Trinajstić information content (AvgIpc) is 3.04. The van der Waals surface area contributed by atoms with Crippen molar-refractivity contribution in [2.45, 2.75) is 44.9 Å². The molecule has 7 heteroatoms.